The molecule has 6 rings (SSSR count). The molecule has 1 aliphatic heterocycles. The monoisotopic (exact) mass is 487 g/mol. The summed E-state index contributed by atoms with van der Waals surface area (Å²) in [6.45, 7) is 3.49. The second-order valence-corrected chi connectivity index (χ2v) is 9.44. The maximum absolute atomic E-state index is 11.3. The van der Waals surface area contributed by atoms with Crippen molar-refractivity contribution in [2.75, 3.05) is 38.2 Å². The van der Waals surface area contributed by atoms with Crippen molar-refractivity contribution in [2.24, 2.45) is 0 Å². The minimum atomic E-state index is -0.149. The Morgan fingerprint density at radius 2 is 1.83 bits per heavy atom. The first-order valence-corrected chi connectivity index (χ1v) is 12.3. The first-order valence-electron chi connectivity index (χ1n) is 11.5. The number of aromatic hydroxyl groups is 1. The lowest BCUT2D eigenvalue weighted by atomic mass is 10.0. The maximum Gasteiger partial charge on any atom is 0.230 e. The summed E-state index contributed by atoms with van der Waals surface area (Å²) in [5, 5.41) is 15.8. The quantitative estimate of drug-likeness (QED) is 0.373. The Morgan fingerprint density at radius 1 is 1.00 bits per heavy atom. The molecule has 0 spiro atoms. The Bertz CT molecular complexity index is 1420. The molecule has 0 bridgehead atoms. The Kier molecular flexibility index (Phi) is 5.63. The van der Waals surface area contributed by atoms with Crippen molar-refractivity contribution in [3.05, 3.63) is 83.4 Å². The Hall–Kier alpha value is -3.82. The number of rotatable bonds is 6. The van der Waals surface area contributed by atoms with Gasteiger partial charge in [0, 0.05) is 31.9 Å². The lowest BCUT2D eigenvalue weighted by Crippen LogP contribution is -2.47. The third kappa shape index (κ3) is 4.02. The van der Waals surface area contributed by atoms with Gasteiger partial charge in [0.15, 0.2) is 5.76 Å². The van der Waals surface area contributed by atoms with Crippen LogP contribution in [-0.2, 0) is 0 Å². The summed E-state index contributed by atoms with van der Waals surface area (Å²) in [5.74, 6) is 1.92. The van der Waals surface area contributed by atoms with Crippen LogP contribution in [0.25, 0.3) is 16.5 Å². The smallest absolute Gasteiger partial charge is 0.230 e. The van der Waals surface area contributed by atoms with Crippen molar-refractivity contribution in [3.63, 3.8) is 0 Å². The summed E-state index contributed by atoms with van der Waals surface area (Å²) in [7, 11) is 1.67. The number of nitrogens with zero attached hydrogens (tertiary/aromatic N) is 5. The SMILES string of the molecule is COc1cccc([C@H](c2sc3nc(-c4ccco4)nn3c2O)N2CCN(c3ccccc3)CC2)c1. The number of hydrogen-bond acceptors (Lipinski definition) is 8. The van der Waals surface area contributed by atoms with Crippen molar-refractivity contribution in [1.29, 1.82) is 0 Å². The highest BCUT2D eigenvalue weighted by Crippen LogP contribution is 2.41. The van der Waals surface area contributed by atoms with E-state index in [-0.39, 0.29) is 11.9 Å². The number of piperazine rings is 1. The number of ether oxygens (including phenoxy) is 1. The van der Waals surface area contributed by atoms with E-state index in [4.69, 9.17) is 9.15 Å². The molecule has 1 saturated heterocycles. The first kappa shape index (κ1) is 21.7. The molecule has 1 atom stereocenters. The summed E-state index contributed by atoms with van der Waals surface area (Å²) in [6, 6.07) is 22.0. The summed E-state index contributed by atoms with van der Waals surface area (Å²) in [4.78, 5) is 10.9. The number of benzene rings is 2. The summed E-state index contributed by atoms with van der Waals surface area (Å²) >= 11 is 1.45. The molecule has 35 heavy (non-hydrogen) atoms. The fourth-order valence-corrected chi connectivity index (χ4v) is 5.77. The molecular formula is C26H25N5O3S. The standard InChI is InChI=1S/C26H25N5O3S/c1-33-20-10-5-7-18(17-20)22(30-14-12-29(13-15-30)19-8-3-2-4-9-19)23-25(32)31-26(35-23)27-24(28-31)21-11-6-16-34-21/h2-11,16-17,22,32H,12-15H2,1H3/t22-/m1/s1. The van der Waals surface area contributed by atoms with Gasteiger partial charge in [0.1, 0.15) is 5.75 Å². The second kappa shape index (κ2) is 9.09. The largest absolute Gasteiger partial charge is 0.497 e. The van der Waals surface area contributed by atoms with Gasteiger partial charge in [0.2, 0.25) is 16.7 Å². The van der Waals surface area contributed by atoms with Crippen molar-refractivity contribution >= 4 is 22.0 Å². The average Bonchev–Trinajstić information content (AvgIpc) is 3.64. The van der Waals surface area contributed by atoms with Crippen LogP contribution in [-0.4, -0.2) is 57.9 Å². The first-order chi connectivity index (χ1) is 17.2. The van der Waals surface area contributed by atoms with Crippen LogP contribution in [0.3, 0.4) is 0 Å². The van der Waals surface area contributed by atoms with Crippen LogP contribution < -0.4 is 9.64 Å². The zero-order valence-corrected chi connectivity index (χ0v) is 20.1. The number of para-hydroxylation sites is 1. The zero-order valence-electron chi connectivity index (χ0n) is 19.2. The Morgan fingerprint density at radius 3 is 2.54 bits per heavy atom. The van der Waals surface area contributed by atoms with E-state index < -0.39 is 0 Å². The van der Waals surface area contributed by atoms with E-state index in [0.29, 0.717) is 16.5 Å². The van der Waals surface area contributed by atoms with Gasteiger partial charge in [-0.25, -0.2) is 0 Å². The molecule has 0 amide bonds. The molecule has 1 N–H and O–H groups in total. The van der Waals surface area contributed by atoms with Gasteiger partial charge in [0.25, 0.3) is 0 Å². The van der Waals surface area contributed by atoms with Crippen molar-refractivity contribution < 1.29 is 14.3 Å². The van der Waals surface area contributed by atoms with E-state index in [1.54, 1.807) is 19.4 Å². The number of methoxy groups -OCH3 is 1. The van der Waals surface area contributed by atoms with Crippen molar-refractivity contribution in [1.82, 2.24) is 19.5 Å². The lowest BCUT2D eigenvalue weighted by molar-refractivity contribution is 0.211. The molecule has 0 aliphatic carbocycles. The van der Waals surface area contributed by atoms with Crippen molar-refractivity contribution in [3.8, 4) is 23.2 Å². The van der Waals surface area contributed by atoms with Crippen LogP contribution in [0, 0.1) is 0 Å². The molecule has 0 unspecified atom stereocenters. The molecule has 4 heterocycles. The zero-order chi connectivity index (χ0) is 23.8. The second-order valence-electron chi connectivity index (χ2n) is 8.43. The topological polar surface area (TPSA) is 79.3 Å². The minimum absolute atomic E-state index is 0.105. The fourth-order valence-electron chi connectivity index (χ4n) is 4.66. The van der Waals surface area contributed by atoms with Gasteiger partial charge in [-0.3, -0.25) is 4.90 Å². The van der Waals surface area contributed by atoms with E-state index >= 15 is 0 Å². The van der Waals surface area contributed by atoms with E-state index in [0.717, 1.165) is 42.4 Å². The minimum Gasteiger partial charge on any atom is -0.497 e. The lowest BCUT2D eigenvalue weighted by Gasteiger charge is -2.40. The number of aromatic nitrogens is 3. The van der Waals surface area contributed by atoms with E-state index in [1.165, 1.54) is 21.5 Å². The Balaban J connectivity index is 1.36. The molecule has 8 nitrogen and oxygen atoms in total. The Labute approximate surface area is 206 Å². The predicted octanol–water partition coefficient (Wildman–Crippen LogP) is 4.68. The van der Waals surface area contributed by atoms with Crippen LogP contribution >= 0.6 is 11.3 Å². The molecule has 3 aromatic heterocycles. The van der Waals surface area contributed by atoms with E-state index in [1.807, 2.05) is 30.3 Å². The fraction of sp³-hybridized carbons (Fsp3) is 0.231. The normalized spacial score (nSPS) is 15.5. The van der Waals surface area contributed by atoms with Gasteiger partial charge in [-0.05, 0) is 42.0 Å². The third-order valence-electron chi connectivity index (χ3n) is 6.40. The molecule has 0 radical (unpaired) electrons. The number of fused-ring (bicyclic) bond motifs is 1. The van der Waals surface area contributed by atoms with E-state index in [9.17, 15) is 5.11 Å². The molecule has 2 aromatic carbocycles. The highest BCUT2D eigenvalue weighted by Gasteiger charge is 2.32. The van der Waals surface area contributed by atoms with E-state index in [2.05, 4.69) is 50.2 Å². The van der Waals surface area contributed by atoms with Crippen molar-refractivity contribution in [2.45, 2.75) is 6.04 Å². The molecule has 0 saturated carbocycles. The average molecular weight is 488 g/mol. The molecule has 5 aromatic rings. The molecule has 178 valence electrons. The molecular weight excluding hydrogens is 462 g/mol. The summed E-state index contributed by atoms with van der Waals surface area (Å²) in [6.07, 6.45) is 1.59. The number of anilines is 1. The van der Waals surface area contributed by atoms with Crippen LogP contribution in [0.5, 0.6) is 11.6 Å². The molecule has 1 fully saturated rings. The third-order valence-corrected chi connectivity index (χ3v) is 7.47. The van der Waals surface area contributed by atoms with Crippen LogP contribution in [0.1, 0.15) is 16.5 Å². The van der Waals surface area contributed by atoms with Crippen LogP contribution in [0.2, 0.25) is 0 Å². The highest BCUT2D eigenvalue weighted by atomic mass is 32.1. The highest BCUT2D eigenvalue weighted by molar-refractivity contribution is 7.17. The maximum atomic E-state index is 11.3. The summed E-state index contributed by atoms with van der Waals surface area (Å²) < 4.78 is 12.4. The van der Waals surface area contributed by atoms with Crippen LogP contribution in [0.15, 0.2) is 77.4 Å². The predicted molar refractivity (Wildman–Crippen MR) is 135 cm³/mol. The van der Waals surface area contributed by atoms with Crippen LogP contribution in [0.4, 0.5) is 5.69 Å². The molecule has 9 heteroatoms. The van der Waals surface area contributed by atoms with Gasteiger partial charge in [-0.1, -0.05) is 41.7 Å². The molecule has 1 aliphatic rings. The van der Waals surface area contributed by atoms with Gasteiger partial charge in [-0.15, -0.1) is 5.10 Å². The number of thiazole rings is 1. The van der Waals surface area contributed by atoms with Gasteiger partial charge < -0.3 is 19.2 Å². The number of hydrogen-bond donors (Lipinski definition) is 1. The van der Waals surface area contributed by atoms with Gasteiger partial charge in [0.05, 0.1) is 24.3 Å². The summed E-state index contributed by atoms with van der Waals surface area (Å²) in [5.41, 5.74) is 2.29. The van der Waals surface area contributed by atoms with Gasteiger partial charge >= 0.3 is 0 Å². The number of furan rings is 1. The van der Waals surface area contributed by atoms with Gasteiger partial charge in [-0.2, -0.15) is 9.50 Å².